The molecule has 1 unspecified atom stereocenters. The molecule has 4 heteroatoms. The second kappa shape index (κ2) is 5.74. The summed E-state index contributed by atoms with van der Waals surface area (Å²) in [5.74, 6) is 0.747. The number of halogens is 2. The Morgan fingerprint density at radius 2 is 1.89 bits per heavy atom. The van der Waals surface area contributed by atoms with Crippen LogP contribution < -0.4 is 10.5 Å². The smallest absolute Gasteiger partial charge is 0.125 e. The second-order valence-corrected chi connectivity index (χ2v) is 5.21. The lowest BCUT2D eigenvalue weighted by Crippen LogP contribution is -2.13. The molecule has 0 heterocycles. The van der Waals surface area contributed by atoms with Crippen LogP contribution in [0.2, 0.25) is 5.02 Å². The molecule has 18 heavy (non-hydrogen) atoms. The van der Waals surface area contributed by atoms with Crippen LogP contribution in [0.4, 0.5) is 0 Å². The van der Waals surface area contributed by atoms with Gasteiger partial charge >= 0.3 is 0 Å². The molecule has 0 saturated carbocycles. The standard InChI is InChI=1S/C14H13BrClNO/c1-18-13-8-9(15)6-7-11(13)14(17)10-4-2-3-5-12(10)16/h2-8,14H,17H2,1H3. The van der Waals surface area contributed by atoms with E-state index >= 15 is 0 Å². The number of rotatable bonds is 3. The summed E-state index contributed by atoms with van der Waals surface area (Å²) in [5, 5.41) is 0.662. The van der Waals surface area contributed by atoms with E-state index in [4.69, 9.17) is 22.1 Å². The molecule has 94 valence electrons. The highest BCUT2D eigenvalue weighted by molar-refractivity contribution is 9.10. The molecule has 0 fully saturated rings. The minimum Gasteiger partial charge on any atom is -0.496 e. The molecule has 0 aliphatic rings. The summed E-state index contributed by atoms with van der Waals surface area (Å²) in [4.78, 5) is 0. The lowest BCUT2D eigenvalue weighted by Gasteiger charge is -2.17. The Morgan fingerprint density at radius 3 is 2.56 bits per heavy atom. The van der Waals surface area contributed by atoms with Crippen molar-refractivity contribution in [3.8, 4) is 5.75 Å². The van der Waals surface area contributed by atoms with Gasteiger partial charge < -0.3 is 10.5 Å². The maximum Gasteiger partial charge on any atom is 0.125 e. The molecule has 1 atom stereocenters. The lowest BCUT2D eigenvalue weighted by molar-refractivity contribution is 0.407. The third-order valence-electron chi connectivity index (χ3n) is 2.77. The molecule has 0 aliphatic heterocycles. The first-order chi connectivity index (χ1) is 8.63. The molecule has 0 spiro atoms. The summed E-state index contributed by atoms with van der Waals surface area (Å²) in [7, 11) is 1.63. The number of methoxy groups -OCH3 is 1. The highest BCUT2D eigenvalue weighted by Gasteiger charge is 2.16. The summed E-state index contributed by atoms with van der Waals surface area (Å²) < 4.78 is 6.31. The summed E-state index contributed by atoms with van der Waals surface area (Å²) >= 11 is 9.58. The predicted molar refractivity (Wildman–Crippen MR) is 78.2 cm³/mol. The number of ether oxygens (including phenoxy) is 1. The molecule has 0 amide bonds. The first-order valence-corrected chi connectivity index (χ1v) is 6.64. The minimum absolute atomic E-state index is 0.304. The van der Waals surface area contributed by atoms with E-state index in [0.717, 1.165) is 21.3 Å². The average molecular weight is 327 g/mol. The Morgan fingerprint density at radius 1 is 1.17 bits per heavy atom. The summed E-state index contributed by atoms with van der Waals surface area (Å²) in [5.41, 5.74) is 8.06. The number of hydrogen-bond acceptors (Lipinski definition) is 2. The van der Waals surface area contributed by atoms with Crippen LogP contribution in [-0.2, 0) is 0 Å². The van der Waals surface area contributed by atoms with Crippen molar-refractivity contribution < 1.29 is 4.74 Å². The quantitative estimate of drug-likeness (QED) is 0.919. The minimum atomic E-state index is -0.304. The van der Waals surface area contributed by atoms with E-state index in [9.17, 15) is 0 Å². The van der Waals surface area contributed by atoms with Crippen molar-refractivity contribution in [2.45, 2.75) is 6.04 Å². The van der Waals surface area contributed by atoms with Crippen LogP contribution >= 0.6 is 27.5 Å². The van der Waals surface area contributed by atoms with Gasteiger partial charge in [0, 0.05) is 15.1 Å². The summed E-state index contributed by atoms with van der Waals surface area (Å²) in [6.07, 6.45) is 0. The van der Waals surface area contributed by atoms with Gasteiger partial charge in [0.2, 0.25) is 0 Å². The zero-order valence-corrected chi connectivity index (χ0v) is 12.2. The molecule has 0 radical (unpaired) electrons. The molecule has 0 bridgehead atoms. The molecule has 0 saturated heterocycles. The van der Waals surface area contributed by atoms with Crippen LogP contribution in [0.15, 0.2) is 46.9 Å². The van der Waals surface area contributed by atoms with Crippen molar-refractivity contribution in [2.24, 2.45) is 5.73 Å². The fraction of sp³-hybridized carbons (Fsp3) is 0.143. The van der Waals surface area contributed by atoms with Crippen molar-refractivity contribution in [3.05, 3.63) is 63.1 Å². The molecule has 2 N–H and O–H groups in total. The lowest BCUT2D eigenvalue weighted by atomic mass is 9.99. The van der Waals surface area contributed by atoms with Gasteiger partial charge in [-0.3, -0.25) is 0 Å². The van der Waals surface area contributed by atoms with Crippen LogP contribution in [0.5, 0.6) is 5.75 Å². The maximum absolute atomic E-state index is 6.26. The number of benzene rings is 2. The fourth-order valence-corrected chi connectivity index (χ4v) is 2.43. The van der Waals surface area contributed by atoms with Crippen LogP contribution in [0.3, 0.4) is 0 Å². The highest BCUT2D eigenvalue weighted by atomic mass is 79.9. The van der Waals surface area contributed by atoms with Gasteiger partial charge in [0.15, 0.2) is 0 Å². The predicted octanol–water partition coefficient (Wildman–Crippen LogP) is 4.16. The molecule has 2 aromatic rings. The van der Waals surface area contributed by atoms with Crippen molar-refractivity contribution in [2.75, 3.05) is 7.11 Å². The Balaban J connectivity index is 2.46. The van der Waals surface area contributed by atoms with Crippen LogP contribution in [0.25, 0.3) is 0 Å². The van der Waals surface area contributed by atoms with Crippen molar-refractivity contribution in [1.82, 2.24) is 0 Å². The second-order valence-electron chi connectivity index (χ2n) is 3.89. The zero-order chi connectivity index (χ0) is 13.1. The molecule has 2 aromatic carbocycles. The molecule has 2 rings (SSSR count). The van der Waals surface area contributed by atoms with Crippen molar-refractivity contribution in [3.63, 3.8) is 0 Å². The SMILES string of the molecule is COc1cc(Br)ccc1C(N)c1ccccc1Cl. The van der Waals surface area contributed by atoms with Crippen LogP contribution in [-0.4, -0.2) is 7.11 Å². The van der Waals surface area contributed by atoms with E-state index in [2.05, 4.69) is 15.9 Å². The molecule has 0 aromatic heterocycles. The van der Waals surface area contributed by atoms with Crippen molar-refractivity contribution in [1.29, 1.82) is 0 Å². The van der Waals surface area contributed by atoms with Gasteiger partial charge in [-0.25, -0.2) is 0 Å². The van der Waals surface area contributed by atoms with Gasteiger partial charge in [-0.1, -0.05) is 51.8 Å². The third-order valence-corrected chi connectivity index (χ3v) is 3.61. The van der Waals surface area contributed by atoms with Gasteiger partial charge in [-0.15, -0.1) is 0 Å². The van der Waals surface area contributed by atoms with E-state index in [0.29, 0.717) is 5.02 Å². The monoisotopic (exact) mass is 325 g/mol. The summed E-state index contributed by atoms with van der Waals surface area (Å²) in [6, 6.07) is 13.0. The van der Waals surface area contributed by atoms with E-state index in [1.165, 1.54) is 0 Å². The van der Waals surface area contributed by atoms with E-state index < -0.39 is 0 Å². The summed E-state index contributed by atoms with van der Waals surface area (Å²) in [6.45, 7) is 0. The first kappa shape index (κ1) is 13.4. The normalized spacial score (nSPS) is 12.2. The zero-order valence-electron chi connectivity index (χ0n) is 9.86. The average Bonchev–Trinajstić information content (AvgIpc) is 2.38. The van der Waals surface area contributed by atoms with Crippen LogP contribution in [0, 0.1) is 0 Å². The number of nitrogens with two attached hydrogens (primary N) is 1. The Kier molecular flexibility index (Phi) is 4.27. The Bertz CT molecular complexity index is 559. The van der Waals surface area contributed by atoms with Gasteiger partial charge in [0.25, 0.3) is 0 Å². The molecular weight excluding hydrogens is 314 g/mol. The van der Waals surface area contributed by atoms with E-state index in [-0.39, 0.29) is 6.04 Å². The largest absolute Gasteiger partial charge is 0.496 e. The van der Waals surface area contributed by atoms with Gasteiger partial charge in [-0.2, -0.15) is 0 Å². The first-order valence-electron chi connectivity index (χ1n) is 5.47. The fourth-order valence-electron chi connectivity index (χ4n) is 1.84. The third kappa shape index (κ3) is 2.69. The Labute approximate surface area is 120 Å². The van der Waals surface area contributed by atoms with E-state index in [1.54, 1.807) is 7.11 Å². The molecule has 0 aliphatic carbocycles. The molecular formula is C14H13BrClNO. The molecule has 2 nitrogen and oxygen atoms in total. The van der Waals surface area contributed by atoms with Crippen LogP contribution in [0.1, 0.15) is 17.2 Å². The van der Waals surface area contributed by atoms with Gasteiger partial charge in [0.1, 0.15) is 5.75 Å². The highest BCUT2D eigenvalue weighted by Crippen LogP contribution is 2.33. The van der Waals surface area contributed by atoms with Gasteiger partial charge in [-0.05, 0) is 23.8 Å². The maximum atomic E-state index is 6.26. The van der Waals surface area contributed by atoms with E-state index in [1.807, 2.05) is 42.5 Å². The number of hydrogen-bond donors (Lipinski definition) is 1. The topological polar surface area (TPSA) is 35.2 Å². The Hall–Kier alpha value is -1.03. The van der Waals surface area contributed by atoms with Crippen molar-refractivity contribution >= 4 is 27.5 Å². The van der Waals surface area contributed by atoms with Gasteiger partial charge in [0.05, 0.1) is 13.2 Å².